The van der Waals surface area contributed by atoms with Crippen LogP contribution < -0.4 is 15.8 Å². The fourth-order valence-corrected chi connectivity index (χ4v) is 2.57. The molecule has 0 bridgehead atoms. The Morgan fingerprint density at radius 1 is 1.24 bits per heavy atom. The zero-order valence-electron chi connectivity index (χ0n) is 13.3. The van der Waals surface area contributed by atoms with Gasteiger partial charge in [-0.15, -0.1) is 23.4 Å². The largest absolute Gasteiger partial charge is 0.573 e. The van der Waals surface area contributed by atoms with Gasteiger partial charge in [-0.25, -0.2) is 4.99 Å². The maximum Gasteiger partial charge on any atom is 0.573 e. The summed E-state index contributed by atoms with van der Waals surface area (Å²) in [6.45, 7) is 1.16. The van der Waals surface area contributed by atoms with Crippen molar-refractivity contribution >= 4 is 11.6 Å². The van der Waals surface area contributed by atoms with Gasteiger partial charge in [0.15, 0.2) is 11.8 Å². The van der Waals surface area contributed by atoms with Gasteiger partial charge in [-0.2, -0.15) is 0 Å². The number of aromatic nitrogens is 3. The number of anilines is 1. The van der Waals surface area contributed by atoms with Crippen molar-refractivity contribution in [3.8, 4) is 5.75 Å². The van der Waals surface area contributed by atoms with Crippen LogP contribution in [0.25, 0.3) is 0 Å². The lowest BCUT2D eigenvalue weighted by Crippen LogP contribution is -2.23. The summed E-state index contributed by atoms with van der Waals surface area (Å²) < 4.78 is 42.2. The third-order valence-electron chi connectivity index (χ3n) is 3.69. The van der Waals surface area contributed by atoms with Gasteiger partial charge in [0.2, 0.25) is 0 Å². The van der Waals surface area contributed by atoms with Crippen molar-refractivity contribution in [3.63, 3.8) is 0 Å². The van der Waals surface area contributed by atoms with Gasteiger partial charge in [-0.3, -0.25) is 0 Å². The molecular weight excluding hydrogens is 337 g/mol. The van der Waals surface area contributed by atoms with Crippen molar-refractivity contribution in [1.29, 1.82) is 0 Å². The third-order valence-corrected chi connectivity index (χ3v) is 3.69. The van der Waals surface area contributed by atoms with Crippen LogP contribution in [0, 0.1) is 0 Å². The predicted octanol–water partition coefficient (Wildman–Crippen LogP) is 2.44. The summed E-state index contributed by atoms with van der Waals surface area (Å²) in [6.07, 6.45) is -1.61. The summed E-state index contributed by atoms with van der Waals surface area (Å²) in [6, 6.07) is 5.22. The highest BCUT2D eigenvalue weighted by Gasteiger charge is 2.30. The molecule has 25 heavy (non-hydrogen) atoms. The Labute approximate surface area is 141 Å². The number of guanidine groups is 1. The summed E-state index contributed by atoms with van der Waals surface area (Å²) >= 11 is 0. The number of aliphatic imine (C=N–C) groups is 1. The first-order valence-corrected chi connectivity index (χ1v) is 7.74. The van der Waals surface area contributed by atoms with Crippen LogP contribution in [0.3, 0.4) is 0 Å². The maximum absolute atomic E-state index is 12.1. The number of hydrogen-bond donors (Lipinski definition) is 2. The van der Waals surface area contributed by atoms with E-state index in [1.54, 1.807) is 0 Å². The highest BCUT2D eigenvalue weighted by atomic mass is 19.4. The number of alkyl halides is 3. The summed E-state index contributed by atoms with van der Waals surface area (Å²) in [7, 11) is 0. The quantitative estimate of drug-likeness (QED) is 0.650. The minimum absolute atomic E-state index is 0.137. The second-order valence-electron chi connectivity index (χ2n) is 5.54. The fraction of sp³-hybridized carbons (Fsp3) is 0.400. The van der Waals surface area contributed by atoms with Crippen LogP contribution >= 0.6 is 0 Å². The number of nitrogens with zero attached hydrogens (tertiary/aromatic N) is 4. The highest BCUT2D eigenvalue weighted by molar-refractivity contribution is 5.92. The second kappa shape index (κ2) is 6.99. The van der Waals surface area contributed by atoms with Crippen molar-refractivity contribution in [2.45, 2.75) is 38.7 Å². The molecule has 1 aliphatic heterocycles. The normalized spacial score (nSPS) is 14.9. The molecule has 3 N–H and O–H groups in total. The molecular formula is C15H17F3N6O. The fourth-order valence-electron chi connectivity index (χ4n) is 2.57. The Morgan fingerprint density at radius 3 is 2.72 bits per heavy atom. The highest BCUT2D eigenvalue weighted by Crippen LogP contribution is 2.23. The summed E-state index contributed by atoms with van der Waals surface area (Å²) in [5.74, 6) is 1.54. The first-order valence-electron chi connectivity index (χ1n) is 7.74. The van der Waals surface area contributed by atoms with E-state index in [4.69, 9.17) is 5.73 Å². The molecule has 1 aromatic heterocycles. The van der Waals surface area contributed by atoms with Gasteiger partial charge in [0.05, 0.1) is 0 Å². The van der Waals surface area contributed by atoms with Gasteiger partial charge in [0.1, 0.15) is 18.1 Å². The van der Waals surface area contributed by atoms with Gasteiger partial charge < -0.3 is 20.4 Å². The Morgan fingerprint density at radius 2 is 2.00 bits per heavy atom. The van der Waals surface area contributed by atoms with Crippen LogP contribution in [0.15, 0.2) is 29.3 Å². The molecule has 0 amide bonds. The number of aryl methyl sites for hydroxylation is 1. The first kappa shape index (κ1) is 17.1. The lowest BCUT2D eigenvalue weighted by atomic mass is 10.2. The van der Waals surface area contributed by atoms with Crippen LogP contribution in [-0.4, -0.2) is 27.1 Å². The average Bonchev–Trinajstić information content (AvgIpc) is 2.97. The molecule has 1 aromatic carbocycles. The van der Waals surface area contributed by atoms with Gasteiger partial charge in [0.25, 0.3) is 0 Å². The van der Waals surface area contributed by atoms with Crippen molar-refractivity contribution < 1.29 is 17.9 Å². The molecule has 0 saturated carbocycles. The third kappa shape index (κ3) is 4.61. The molecule has 0 spiro atoms. The Hall–Kier alpha value is -2.78. The summed E-state index contributed by atoms with van der Waals surface area (Å²) in [5.41, 5.74) is 6.31. The molecule has 10 heteroatoms. The molecule has 0 atom stereocenters. The Bertz CT molecular complexity index is 754. The van der Waals surface area contributed by atoms with Gasteiger partial charge in [0, 0.05) is 18.7 Å². The number of fused-ring (bicyclic) bond motifs is 1. The van der Waals surface area contributed by atoms with Gasteiger partial charge in [-0.1, -0.05) is 0 Å². The zero-order valence-corrected chi connectivity index (χ0v) is 13.3. The first-order chi connectivity index (χ1) is 11.9. The van der Waals surface area contributed by atoms with Gasteiger partial charge >= 0.3 is 6.36 Å². The number of rotatable bonds is 4. The maximum atomic E-state index is 12.1. The monoisotopic (exact) mass is 354 g/mol. The Balaban J connectivity index is 1.59. The topological polar surface area (TPSA) is 90.4 Å². The molecule has 2 aromatic rings. The van der Waals surface area contributed by atoms with Gasteiger partial charge in [-0.05, 0) is 37.1 Å². The van der Waals surface area contributed by atoms with Crippen molar-refractivity contribution in [2.75, 3.05) is 5.32 Å². The molecule has 2 heterocycles. The Kier molecular flexibility index (Phi) is 4.77. The SMILES string of the molecule is NC(=NCc1nnc2n1CCCC2)Nc1ccc(OC(F)(F)F)cc1. The van der Waals surface area contributed by atoms with E-state index in [0.29, 0.717) is 5.69 Å². The number of benzene rings is 1. The lowest BCUT2D eigenvalue weighted by Gasteiger charge is -2.14. The summed E-state index contributed by atoms with van der Waals surface area (Å²) in [5, 5.41) is 11.1. The molecule has 3 rings (SSSR count). The van der Waals surface area contributed by atoms with Crippen LogP contribution in [0.4, 0.5) is 18.9 Å². The standard InChI is InChI=1S/C15H17F3N6O/c16-15(17,18)25-11-6-4-10(5-7-11)21-14(19)20-9-13-23-22-12-3-1-2-8-24(12)13/h4-7H,1-3,8-9H2,(H3,19,20,21). The zero-order chi connectivity index (χ0) is 17.9. The van der Waals surface area contributed by atoms with E-state index < -0.39 is 6.36 Å². The lowest BCUT2D eigenvalue weighted by molar-refractivity contribution is -0.274. The molecule has 0 saturated heterocycles. The minimum Gasteiger partial charge on any atom is -0.406 e. The smallest absolute Gasteiger partial charge is 0.406 e. The van der Waals surface area contributed by atoms with E-state index in [1.165, 1.54) is 24.3 Å². The molecule has 7 nitrogen and oxygen atoms in total. The molecule has 0 unspecified atom stereocenters. The number of hydrogen-bond acceptors (Lipinski definition) is 4. The summed E-state index contributed by atoms with van der Waals surface area (Å²) in [4.78, 5) is 4.20. The van der Waals surface area contributed by atoms with E-state index >= 15 is 0 Å². The van der Waals surface area contributed by atoms with E-state index in [1.807, 2.05) is 4.57 Å². The van der Waals surface area contributed by atoms with E-state index in [9.17, 15) is 13.2 Å². The van der Waals surface area contributed by atoms with E-state index in [2.05, 4.69) is 25.2 Å². The van der Waals surface area contributed by atoms with E-state index in [0.717, 1.165) is 37.5 Å². The molecule has 134 valence electrons. The van der Waals surface area contributed by atoms with Crippen LogP contribution in [0.5, 0.6) is 5.75 Å². The molecule has 0 radical (unpaired) electrons. The minimum atomic E-state index is -4.72. The molecule has 1 aliphatic rings. The number of halogens is 3. The molecule has 0 aliphatic carbocycles. The van der Waals surface area contributed by atoms with Crippen molar-refractivity contribution in [1.82, 2.24) is 14.8 Å². The van der Waals surface area contributed by atoms with Crippen LogP contribution in [0.1, 0.15) is 24.5 Å². The number of ether oxygens (including phenoxy) is 1. The van der Waals surface area contributed by atoms with E-state index in [-0.39, 0.29) is 18.3 Å². The number of nitrogens with one attached hydrogen (secondary N) is 1. The number of nitrogens with two attached hydrogens (primary N) is 1. The predicted molar refractivity (Wildman–Crippen MR) is 85.0 cm³/mol. The molecule has 0 fully saturated rings. The van der Waals surface area contributed by atoms with Crippen LogP contribution in [0.2, 0.25) is 0 Å². The second-order valence-corrected chi connectivity index (χ2v) is 5.54. The average molecular weight is 354 g/mol. The van der Waals surface area contributed by atoms with Crippen molar-refractivity contribution in [3.05, 3.63) is 35.9 Å². The van der Waals surface area contributed by atoms with Crippen LogP contribution in [-0.2, 0) is 19.5 Å². The van der Waals surface area contributed by atoms with Crippen molar-refractivity contribution in [2.24, 2.45) is 10.7 Å².